The van der Waals surface area contributed by atoms with Crippen LogP contribution in [0.3, 0.4) is 0 Å². The number of halogens is 3. The number of ether oxygens (including phenoxy) is 1. The first-order valence-electron chi connectivity index (χ1n) is 10.7. The molecular weight excluding hydrogens is 451 g/mol. The van der Waals surface area contributed by atoms with Gasteiger partial charge in [0.15, 0.2) is 6.61 Å². The van der Waals surface area contributed by atoms with Gasteiger partial charge >= 0.3 is 12.1 Å². The standard InChI is InChI=1S/C23H22F3N5O3/c1-4-14-6-5-7-16-17(10-27-20(14)16)18(32)11-34-19(33)9-8-15-12(2)28-22-29-21(23(24,25)26)30-31(22)13(15)3/h5-7,10,27H,4,8-9,11H2,1-3H3. The molecule has 0 unspecified atom stereocenters. The summed E-state index contributed by atoms with van der Waals surface area (Å²) in [4.78, 5) is 35.5. The van der Waals surface area contributed by atoms with Crippen LogP contribution in [-0.4, -0.2) is 42.9 Å². The molecule has 1 N–H and O–H groups in total. The van der Waals surface area contributed by atoms with Crippen LogP contribution in [0.2, 0.25) is 0 Å². The van der Waals surface area contributed by atoms with Crippen molar-refractivity contribution in [3.8, 4) is 0 Å². The molecule has 0 aliphatic rings. The van der Waals surface area contributed by atoms with E-state index < -0.39 is 24.6 Å². The molecule has 178 valence electrons. The number of fused-ring (bicyclic) bond motifs is 2. The van der Waals surface area contributed by atoms with E-state index in [0.717, 1.165) is 27.4 Å². The summed E-state index contributed by atoms with van der Waals surface area (Å²) >= 11 is 0. The third-order valence-electron chi connectivity index (χ3n) is 5.73. The SMILES string of the molecule is CCc1cccc2c(C(=O)COC(=O)CCc3c(C)nc4nc(C(F)(F)F)nn4c3C)c[nH]c12. The molecule has 0 amide bonds. The number of hydrogen-bond acceptors (Lipinski definition) is 6. The number of nitrogens with zero attached hydrogens (tertiary/aromatic N) is 4. The molecule has 0 saturated carbocycles. The lowest BCUT2D eigenvalue weighted by Gasteiger charge is -2.10. The van der Waals surface area contributed by atoms with Gasteiger partial charge < -0.3 is 9.72 Å². The van der Waals surface area contributed by atoms with Crippen LogP contribution in [0.5, 0.6) is 0 Å². The predicted molar refractivity (Wildman–Crippen MR) is 117 cm³/mol. The summed E-state index contributed by atoms with van der Waals surface area (Å²) < 4.78 is 45.0. The number of para-hydroxylation sites is 1. The van der Waals surface area contributed by atoms with E-state index in [0.29, 0.717) is 22.5 Å². The highest BCUT2D eigenvalue weighted by Gasteiger charge is 2.37. The van der Waals surface area contributed by atoms with Gasteiger partial charge in [0.1, 0.15) is 0 Å². The highest BCUT2D eigenvalue weighted by atomic mass is 19.4. The number of benzene rings is 1. The Bertz CT molecular complexity index is 1400. The fourth-order valence-corrected chi connectivity index (χ4v) is 3.96. The van der Waals surface area contributed by atoms with Crippen LogP contribution < -0.4 is 0 Å². The maximum atomic E-state index is 12.9. The van der Waals surface area contributed by atoms with Gasteiger partial charge in [-0.05, 0) is 37.8 Å². The summed E-state index contributed by atoms with van der Waals surface area (Å²) in [5.41, 5.74) is 3.83. The number of alkyl halides is 3. The minimum absolute atomic E-state index is 0.0726. The number of ketones is 1. The van der Waals surface area contributed by atoms with E-state index in [4.69, 9.17) is 4.74 Å². The summed E-state index contributed by atoms with van der Waals surface area (Å²) in [6.45, 7) is 4.83. The Morgan fingerprint density at radius 3 is 2.65 bits per heavy atom. The molecule has 0 aliphatic heterocycles. The second kappa shape index (κ2) is 8.88. The minimum Gasteiger partial charge on any atom is -0.457 e. The number of hydrogen-bond donors (Lipinski definition) is 1. The van der Waals surface area contributed by atoms with Gasteiger partial charge in [-0.25, -0.2) is 9.50 Å². The van der Waals surface area contributed by atoms with Crippen molar-refractivity contribution < 1.29 is 27.5 Å². The van der Waals surface area contributed by atoms with Crippen molar-refractivity contribution >= 4 is 28.4 Å². The Kier molecular flexibility index (Phi) is 6.11. The molecular formula is C23H22F3N5O3. The van der Waals surface area contributed by atoms with Gasteiger partial charge in [0.2, 0.25) is 5.78 Å². The van der Waals surface area contributed by atoms with Crippen molar-refractivity contribution in [2.24, 2.45) is 0 Å². The molecule has 0 fully saturated rings. The van der Waals surface area contributed by atoms with Crippen molar-refractivity contribution in [3.05, 3.63) is 58.3 Å². The minimum atomic E-state index is -4.69. The Hall–Kier alpha value is -3.76. The Morgan fingerprint density at radius 1 is 1.18 bits per heavy atom. The van der Waals surface area contributed by atoms with Gasteiger partial charge in [-0.3, -0.25) is 9.59 Å². The lowest BCUT2D eigenvalue weighted by molar-refractivity contribution is -0.145. The first-order valence-corrected chi connectivity index (χ1v) is 10.7. The number of aromatic nitrogens is 5. The Balaban J connectivity index is 1.42. The number of rotatable bonds is 7. The number of H-pyrrole nitrogens is 1. The van der Waals surface area contributed by atoms with Crippen LogP contribution in [0, 0.1) is 13.8 Å². The van der Waals surface area contributed by atoms with Crippen molar-refractivity contribution in [3.63, 3.8) is 0 Å². The predicted octanol–water partition coefficient (Wildman–Crippen LogP) is 4.16. The van der Waals surface area contributed by atoms with Crippen LogP contribution in [0.25, 0.3) is 16.7 Å². The van der Waals surface area contributed by atoms with Crippen LogP contribution in [0.15, 0.2) is 24.4 Å². The first-order chi connectivity index (χ1) is 16.1. The zero-order chi connectivity index (χ0) is 24.6. The van der Waals surface area contributed by atoms with Gasteiger partial charge in [-0.1, -0.05) is 25.1 Å². The van der Waals surface area contributed by atoms with Crippen molar-refractivity contribution in [1.29, 1.82) is 0 Å². The molecule has 1 aromatic carbocycles. The third kappa shape index (κ3) is 4.37. The van der Waals surface area contributed by atoms with E-state index in [1.165, 1.54) is 0 Å². The molecule has 3 aromatic heterocycles. The highest BCUT2D eigenvalue weighted by molar-refractivity contribution is 6.09. The van der Waals surface area contributed by atoms with E-state index >= 15 is 0 Å². The monoisotopic (exact) mass is 473 g/mol. The summed E-state index contributed by atoms with van der Waals surface area (Å²) in [7, 11) is 0. The summed E-state index contributed by atoms with van der Waals surface area (Å²) in [5, 5.41) is 4.27. The smallest absolute Gasteiger partial charge is 0.453 e. The fraction of sp³-hybridized carbons (Fsp3) is 0.348. The Labute approximate surface area is 192 Å². The number of carbonyl (C=O) groups excluding carboxylic acids is 2. The second-order valence-corrected chi connectivity index (χ2v) is 7.89. The number of carbonyl (C=O) groups is 2. The van der Waals surface area contributed by atoms with Gasteiger partial charge in [-0.15, -0.1) is 5.10 Å². The average molecular weight is 473 g/mol. The zero-order valence-electron chi connectivity index (χ0n) is 18.8. The molecule has 0 saturated heterocycles. The Morgan fingerprint density at radius 2 is 1.94 bits per heavy atom. The lowest BCUT2D eigenvalue weighted by atomic mass is 10.1. The van der Waals surface area contributed by atoms with E-state index in [-0.39, 0.29) is 24.4 Å². The average Bonchev–Trinajstić information content (AvgIpc) is 3.41. The molecule has 0 atom stereocenters. The number of esters is 1. The van der Waals surface area contributed by atoms with Gasteiger partial charge in [-0.2, -0.15) is 18.2 Å². The van der Waals surface area contributed by atoms with Crippen molar-refractivity contribution in [1.82, 2.24) is 24.6 Å². The van der Waals surface area contributed by atoms with Crippen LogP contribution in [-0.2, 0) is 28.5 Å². The number of aryl methyl sites for hydroxylation is 3. The maximum absolute atomic E-state index is 12.9. The molecule has 0 spiro atoms. The van der Waals surface area contributed by atoms with E-state index in [1.807, 2.05) is 25.1 Å². The molecule has 3 heterocycles. The molecule has 11 heteroatoms. The molecule has 0 bridgehead atoms. The lowest BCUT2D eigenvalue weighted by Crippen LogP contribution is -2.15. The van der Waals surface area contributed by atoms with Gasteiger partial charge in [0, 0.05) is 40.5 Å². The van der Waals surface area contributed by atoms with Crippen molar-refractivity contribution in [2.45, 2.75) is 46.2 Å². The molecule has 4 aromatic rings. The summed E-state index contributed by atoms with van der Waals surface area (Å²) in [6, 6.07) is 5.69. The van der Waals surface area contributed by atoms with E-state index in [1.54, 1.807) is 20.0 Å². The number of aromatic amines is 1. The second-order valence-electron chi connectivity index (χ2n) is 7.89. The molecule has 0 radical (unpaired) electrons. The summed E-state index contributed by atoms with van der Waals surface area (Å²) in [5.74, 6) is -2.37. The molecule has 8 nitrogen and oxygen atoms in total. The topological polar surface area (TPSA) is 102 Å². The highest BCUT2D eigenvalue weighted by Crippen LogP contribution is 2.27. The van der Waals surface area contributed by atoms with E-state index in [9.17, 15) is 22.8 Å². The van der Waals surface area contributed by atoms with E-state index in [2.05, 4.69) is 20.1 Å². The van der Waals surface area contributed by atoms with Crippen LogP contribution >= 0.6 is 0 Å². The van der Waals surface area contributed by atoms with Crippen LogP contribution in [0.1, 0.15) is 52.0 Å². The quantitative estimate of drug-likeness (QED) is 0.319. The molecule has 34 heavy (non-hydrogen) atoms. The fourth-order valence-electron chi connectivity index (χ4n) is 3.96. The number of Topliss-reactive ketones (excluding diaryl/α,β-unsaturated/α-hetero) is 1. The van der Waals surface area contributed by atoms with Gasteiger partial charge in [0.05, 0.1) is 0 Å². The third-order valence-corrected chi connectivity index (χ3v) is 5.73. The largest absolute Gasteiger partial charge is 0.457 e. The van der Waals surface area contributed by atoms with Crippen LogP contribution in [0.4, 0.5) is 13.2 Å². The number of nitrogens with one attached hydrogen (secondary N) is 1. The molecule has 0 aliphatic carbocycles. The maximum Gasteiger partial charge on any atom is 0.453 e. The zero-order valence-corrected chi connectivity index (χ0v) is 18.8. The normalized spacial score (nSPS) is 11.9. The first kappa shape index (κ1) is 23.4. The van der Waals surface area contributed by atoms with Crippen molar-refractivity contribution in [2.75, 3.05) is 6.61 Å². The molecule has 4 rings (SSSR count). The van der Waals surface area contributed by atoms with Gasteiger partial charge in [0.25, 0.3) is 11.6 Å². The summed E-state index contributed by atoms with van der Waals surface area (Å²) in [6.07, 6.45) is -2.17.